The summed E-state index contributed by atoms with van der Waals surface area (Å²) in [6.45, 7) is 2.75. The number of β-amino-alcohol motifs (C(OH)–C–C–N with tert-alkyl or cyclic N) is 1. The molecule has 2 atom stereocenters. The molecule has 1 saturated heterocycles. The van der Waals surface area contributed by atoms with E-state index in [1.54, 1.807) is 37.6 Å². The number of nitrogens with one attached hydrogen (secondary N) is 1. The Bertz CT molecular complexity index is 1010. The number of hydrogen-bond acceptors (Lipinski definition) is 6. The van der Waals surface area contributed by atoms with Crippen LogP contribution in [0.2, 0.25) is 0 Å². The third kappa shape index (κ3) is 3.63. The standard InChI is InChI=1S/C20H20FN5O2/c1-12-8-15(14-3-2-13(21)9-17(14)24-12)20(28)25-16-4-7-26(11-18(16)27)19-10-22-5-6-23-19/h2-3,5-6,8-10,16,18,27H,4,7,11H2,1H3,(H,25,28)/t16-,18-/m1/s1. The molecule has 2 N–H and O–H groups in total. The molecule has 2 aromatic heterocycles. The normalized spacial score (nSPS) is 19.6. The van der Waals surface area contributed by atoms with E-state index in [9.17, 15) is 14.3 Å². The molecule has 3 aromatic rings. The van der Waals surface area contributed by atoms with E-state index in [-0.39, 0.29) is 11.9 Å². The Kier molecular flexibility index (Phi) is 4.87. The maximum absolute atomic E-state index is 13.5. The van der Waals surface area contributed by atoms with E-state index in [4.69, 9.17) is 0 Å². The van der Waals surface area contributed by atoms with E-state index in [1.807, 2.05) is 4.90 Å². The summed E-state index contributed by atoms with van der Waals surface area (Å²) in [7, 11) is 0. The first-order valence-corrected chi connectivity index (χ1v) is 9.08. The number of carbonyl (C=O) groups excluding carboxylic acids is 1. The van der Waals surface area contributed by atoms with Crippen LogP contribution in [0, 0.1) is 12.7 Å². The zero-order valence-corrected chi connectivity index (χ0v) is 15.3. The topological polar surface area (TPSA) is 91.2 Å². The van der Waals surface area contributed by atoms with Crippen molar-refractivity contribution in [3.05, 3.63) is 59.9 Å². The summed E-state index contributed by atoms with van der Waals surface area (Å²) >= 11 is 0. The van der Waals surface area contributed by atoms with Gasteiger partial charge in [-0.15, -0.1) is 0 Å². The Morgan fingerprint density at radius 2 is 2.18 bits per heavy atom. The second-order valence-electron chi connectivity index (χ2n) is 6.92. The van der Waals surface area contributed by atoms with Gasteiger partial charge >= 0.3 is 0 Å². The van der Waals surface area contributed by atoms with Crippen molar-refractivity contribution in [1.82, 2.24) is 20.3 Å². The summed E-state index contributed by atoms with van der Waals surface area (Å²) in [4.78, 5) is 27.4. The zero-order valence-electron chi connectivity index (χ0n) is 15.3. The first-order valence-electron chi connectivity index (χ1n) is 9.08. The highest BCUT2D eigenvalue weighted by atomic mass is 19.1. The first kappa shape index (κ1) is 18.2. The van der Waals surface area contributed by atoms with Crippen LogP contribution < -0.4 is 10.2 Å². The zero-order chi connectivity index (χ0) is 19.7. The van der Waals surface area contributed by atoms with Gasteiger partial charge in [0, 0.05) is 42.6 Å². The molecule has 0 saturated carbocycles. The predicted octanol–water partition coefficient (Wildman–Crippen LogP) is 1.84. The highest BCUT2D eigenvalue weighted by Gasteiger charge is 2.30. The Morgan fingerprint density at radius 3 is 2.93 bits per heavy atom. The van der Waals surface area contributed by atoms with E-state index in [1.165, 1.54) is 12.1 Å². The second kappa shape index (κ2) is 7.47. The molecule has 1 aliphatic rings. The molecule has 1 aliphatic heterocycles. The number of hydrogen-bond donors (Lipinski definition) is 2. The second-order valence-corrected chi connectivity index (χ2v) is 6.92. The summed E-state index contributed by atoms with van der Waals surface area (Å²) < 4.78 is 13.5. The van der Waals surface area contributed by atoms with Crippen LogP contribution in [-0.2, 0) is 0 Å². The minimum absolute atomic E-state index is 0.306. The fourth-order valence-electron chi connectivity index (χ4n) is 3.53. The van der Waals surface area contributed by atoms with Crippen LogP contribution in [0.15, 0.2) is 42.9 Å². The van der Waals surface area contributed by atoms with Gasteiger partial charge in [-0.1, -0.05) is 0 Å². The third-order valence-corrected chi connectivity index (χ3v) is 4.92. The van der Waals surface area contributed by atoms with Gasteiger partial charge in [0.05, 0.1) is 29.4 Å². The smallest absolute Gasteiger partial charge is 0.252 e. The molecule has 3 heterocycles. The number of anilines is 1. The molecule has 0 bridgehead atoms. The number of nitrogens with zero attached hydrogens (tertiary/aromatic N) is 4. The van der Waals surface area contributed by atoms with Crippen molar-refractivity contribution in [1.29, 1.82) is 0 Å². The Hall–Kier alpha value is -3.13. The molecule has 0 unspecified atom stereocenters. The number of benzene rings is 1. The van der Waals surface area contributed by atoms with Crippen molar-refractivity contribution < 1.29 is 14.3 Å². The fraction of sp³-hybridized carbons (Fsp3) is 0.300. The SMILES string of the molecule is Cc1cc(C(=O)N[C@@H]2CCN(c3cnccn3)C[C@H]2O)c2ccc(F)cc2n1. The summed E-state index contributed by atoms with van der Waals surface area (Å²) in [5.41, 5.74) is 1.48. The highest BCUT2D eigenvalue weighted by Crippen LogP contribution is 2.21. The van der Waals surface area contributed by atoms with Gasteiger partial charge in [0.25, 0.3) is 5.91 Å². The Balaban J connectivity index is 1.51. The molecule has 1 amide bonds. The van der Waals surface area contributed by atoms with Crippen molar-refractivity contribution in [2.75, 3.05) is 18.0 Å². The van der Waals surface area contributed by atoms with Crippen LogP contribution in [0.25, 0.3) is 10.9 Å². The molecule has 4 rings (SSSR count). The maximum atomic E-state index is 13.5. The number of fused-ring (bicyclic) bond motifs is 1. The lowest BCUT2D eigenvalue weighted by atomic mass is 10.0. The summed E-state index contributed by atoms with van der Waals surface area (Å²) in [5.74, 6) is -0.00743. The molecule has 28 heavy (non-hydrogen) atoms. The minimum atomic E-state index is -0.744. The van der Waals surface area contributed by atoms with Gasteiger partial charge in [-0.3, -0.25) is 14.8 Å². The number of aliphatic hydroxyl groups excluding tert-OH is 1. The van der Waals surface area contributed by atoms with Gasteiger partial charge in [0.1, 0.15) is 11.6 Å². The van der Waals surface area contributed by atoms with E-state index in [0.717, 1.165) is 0 Å². The Labute approximate surface area is 161 Å². The van der Waals surface area contributed by atoms with Crippen molar-refractivity contribution in [2.24, 2.45) is 0 Å². The lowest BCUT2D eigenvalue weighted by molar-refractivity contribution is 0.0799. The molecule has 8 heteroatoms. The molecule has 1 fully saturated rings. The average Bonchev–Trinajstić information content (AvgIpc) is 2.69. The van der Waals surface area contributed by atoms with Crippen LogP contribution in [0.1, 0.15) is 22.5 Å². The van der Waals surface area contributed by atoms with Crippen molar-refractivity contribution in [3.8, 4) is 0 Å². The van der Waals surface area contributed by atoms with Gasteiger partial charge in [-0.2, -0.15) is 0 Å². The van der Waals surface area contributed by atoms with E-state index < -0.39 is 11.9 Å². The number of piperidine rings is 1. The number of aryl methyl sites for hydroxylation is 1. The molecule has 0 spiro atoms. The van der Waals surface area contributed by atoms with E-state index in [2.05, 4.69) is 20.3 Å². The molecular weight excluding hydrogens is 361 g/mol. The predicted molar refractivity (Wildman–Crippen MR) is 103 cm³/mol. The van der Waals surface area contributed by atoms with Gasteiger partial charge in [0.15, 0.2) is 0 Å². The van der Waals surface area contributed by atoms with Crippen LogP contribution in [-0.4, -0.2) is 51.2 Å². The monoisotopic (exact) mass is 381 g/mol. The average molecular weight is 381 g/mol. The molecule has 1 aromatic carbocycles. The fourth-order valence-corrected chi connectivity index (χ4v) is 3.53. The van der Waals surface area contributed by atoms with Crippen LogP contribution in [0.3, 0.4) is 0 Å². The summed E-state index contributed by atoms with van der Waals surface area (Å²) in [6, 6.07) is 5.47. The first-order chi connectivity index (χ1) is 13.5. The number of aliphatic hydroxyl groups is 1. The lowest BCUT2D eigenvalue weighted by Crippen LogP contribution is -2.54. The number of rotatable bonds is 3. The minimum Gasteiger partial charge on any atom is -0.389 e. The number of carbonyl (C=O) groups is 1. The van der Waals surface area contributed by atoms with Gasteiger partial charge in [-0.05, 0) is 31.5 Å². The molecular formula is C20H20FN5O2. The molecule has 0 aliphatic carbocycles. The third-order valence-electron chi connectivity index (χ3n) is 4.92. The van der Waals surface area contributed by atoms with Gasteiger partial charge < -0.3 is 15.3 Å². The number of halogens is 1. The Morgan fingerprint density at radius 1 is 1.32 bits per heavy atom. The maximum Gasteiger partial charge on any atom is 0.252 e. The number of pyridine rings is 1. The van der Waals surface area contributed by atoms with Crippen molar-refractivity contribution in [3.63, 3.8) is 0 Å². The van der Waals surface area contributed by atoms with Crippen LogP contribution in [0.5, 0.6) is 0 Å². The van der Waals surface area contributed by atoms with Crippen LogP contribution in [0.4, 0.5) is 10.2 Å². The summed E-state index contributed by atoms with van der Waals surface area (Å²) in [5, 5.41) is 14.0. The van der Waals surface area contributed by atoms with Crippen molar-refractivity contribution in [2.45, 2.75) is 25.5 Å². The van der Waals surface area contributed by atoms with Crippen LogP contribution >= 0.6 is 0 Å². The van der Waals surface area contributed by atoms with Gasteiger partial charge in [-0.25, -0.2) is 9.37 Å². The largest absolute Gasteiger partial charge is 0.389 e. The summed E-state index contributed by atoms with van der Waals surface area (Å²) in [6.07, 6.45) is 4.68. The molecule has 7 nitrogen and oxygen atoms in total. The van der Waals surface area contributed by atoms with Gasteiger partial charge in [0.2, 0.25) is 0 Å². The number of aromatic nitrogens is 3. The highest BCUT2D eigenvalue weighted by molar-refractivity contribution is 6.06. The lowest BCUT2D eigenvalue weighted by Gasteiger charge is -2.36. The molecule has 144 valence electrons. The van der Waals surface area contributed by atoms with E-state index >= 15 is 0 Å². The number of amides is 1. The quantitative estimate of drug-likeness (QED) is 0.719. The molecule has 0 radical (unpaired) electrons. The van der Waals surface area contributed by atoms with E-state index in [0.29, 0.717) is 47.5 Å². The van der Waals surface area contributed by atoms with Crippen molar-refractivity contribution >= 4 is 22.6 Å².